The Morgan fingerprint density at radius 1 is 0.963 bits per heavy atom. The first-order valence-electron chi connectivity index (χ1n) is 8.70. The number of hydrogen-bond acceptors (Lipinski definition) is 4. The molecule has 1 unspecified atom stereocenters. The Morgan fingerprint density at radius 2 is 1.67 bits per heavy atom. The fourth-order valence-electron chi connectivity index (χ4n) is 3.05. The third-order valence-electron chi connectivity index (χ3n) is 4.48. The van der Waals surface area contributed by atoms with E-state index in [9.17, 15) is 9.59 Å². The van der Waals surface area contributed by atoms with Gasteiger partial charge in [0.2, 0.25) is 0 Å². The quantitative estimate of drug-likeness (QED) is 0.478. The van der Waals surface area contributed by atoms with Gasteiger partial charge in [-0.05, 0) is 35.7 Å². The maximum absolute atomic E-state index is 12.9. The lowest BCUT2D eigenvalue weighted by Gasteiger charge is -2.23. The summed E-state index contributed by atoms with van der Waals surface area (Å²) >= 11 is 0. The summed E-state index contributed by atoms with van der Waals surface area (Å²) in [6, 6.07) is 15.8. The van der Waals surface area contributed by atoms with Gasteiger partial charge in [0.25, 0.3) is 11.8 Å². The van der Waals surface area contributed by atoms with Crippen LogP contribution in [0, 0.1) is 5.92 Å². The number of carbonyl (C=O) groups is 2. The number of para-hydroxylation sites is 1. The SMILES string of the molecule is CC(C)C(NC(=O)c1ccnc2ccccc12)c1ccc(C(=O)NO)cc1. The minimum Gasteiger partial charge on any atom is -0.345 e. The monoisotopic (exact) mass is 363 g/mol. The van der Waals surface area contributed by atoms with Crippen LogP contribution in [0.3, 0.4) is 0 Å². The van der Waals surface area contributed by atoms with E-state index in [1.54, 1.807) is 42.0 Å². The van der Waals surface area contributed by atoms with Crippen LogP contribution in [-0.2, 0) is 0 Å². The smallest absolute Gasteiger partial charge is 0.274 e. The largest absolute Gasteiger partial charge is 0.345 e. The zero-order valence-electron chi connectivity index (χ0n) is 15.1. The van der Waals surface area contributed by atoms with Crippen LogP contribution >= 0.6 is 0 Å². The van der Waals surface area contributed by atoms with E-state index in [0.29, 0.717) is 11.1 Å². The topological polar surface area (TPSA) is 91.3 Å². The summed E-state index contributed by atoms with van der Waals surface area (Å²) in [4.78, 5) is 28.7. The van der Waals surface area contributed by atoms with Gasteiger partial charge in [-0.3, -0.25) is 19.8 Å². The van der Waals surface area contributed by atoms with Crippen LogP contribution < -0.4 is 10.8 Å². The highest BCUT2D eigenvalue weighted by Crippen LogP contribution is 2.24. The van der Waals surface area contributed by atoms with E-state index >= 15 is 0 Å². The number of amides is 2. The molecule has 0 fully saturated rings. The van der Waals surface area contributed by atoms with Crippen molar-refractivity contribution >= 4 is 22.7 Å². The Kier molecular flexibility index (Phi) is 5.47. The van der Waals surface area contributed by atoms with Crippen molar-refractivity contribution in [1.82, 2.24) is 15.8 Å². The fourth-order valence-corrected chi connectivity index (χ4v) is 3.05. The molecular formula is C21H21N3O3. The molecule has 0 aliphatic heterocycles. The molecule has 3 N–H and O–H groups in total. The average Bonchev–Trinajstić information content (AvgIpc) is 2.70. The zero-order chi connectivity index (χ0) is 19.4. The van der Waals surface area contributed by atoms with E-state index in [-0.39, 0.29) is 17.9 Å². The van der Waals surface area contributed by atoms with Gasteiger partial charge in [-0.2, -0.15) is 0 Å². The first-order chi connectivity index (χ1) is 13.0. The molecule has 27 heavy (non-hydrogen) atoms. The number of carbonyl (C=O) groups excluding carboxylic acids is 2. The summed E-state index contributed by atoms with van der Waals surface area (Å²) in [6.07, 6.45) is 1.63. The molecule has 3 rings (SSSR count). The van der Waals surface area contributed by atoms with Crippen LogP contribution in [0.5, 0.6) is 0 Å². The Hall–Kier alpha value is -3.25. The van der Waals surface area contributed by atoms with Gasteiger partial charge in [0, 0.05) is 17.1 Å². The number of rotatable bonds is 5. The Labute approximate surface area is 157 Å². The molecule has 1 aromatic heterocycles. The number of fused-ring (bicyclic) bond motifs is 1. The predicted molar refractivity (Wildman–Crippen MR) is 102 cm³/mol. The van der Waals surface area contributed by atoms with E-state index in [4.69, 9.17) is 5.21 Å². The maximum Gasteiger partial charge on any atom is 0.274 e. The average molecular weight is 363 g/mol. The highest BCUT2D eigenvalue weighted by atomic mass is 16.5. The number of aromatic nitrogens is 1. The highest BCUT2D eigenvalue weighted by molar-refractivity contribution is 6.06. The van der Waals surface area contributed by atoms with Crippen molar-refractivity contribution in [3.63, 3.8) is 0 Å². The normalized spacial score (nSPS) is 12.0. The second-order valence-corrected chi connectivity index (χ2v) is 6.63. The van der Waals surface area contributed by atoms with Gasteiger partial charge in [-0.15, -0.1) is 0 Å². The highest BCUT2D eigenvalue weighted by Gasteiger charge is 2.20. The molecule has 0 saturated carbocycles. The fraction of sp³-hybridized carbons (Fsp3) is 0.190. The van der Waals surface area contributed by atoms with E-state index in [1.807, 2.05) is 38.1 Å². The molecule has 6 heteroatoms. The maximum atomic E-state index is 12.9. The number of hydroxylamine groups is 1. The second-order valence-electron chi connectivity index (χ2n) is 6.63. The van der Waals surface area contributed by atoms with Crippen LogP contribution in [0.4, 0.5) is 0 Å². The van der Waals surface area contributed by atoms with Gasteiger partial charge in [0.05, 0.1) is 17.1 Å². The van der Waals surface area contributed by atoms with Gasteiger partial charge < -0.3 is 5.32 Å². The molecule has 2 amide bonds. The van der Waals surface area contributed by atoms with Crippen LogP contribution in [0.1, 0.15) is 46.2 Å². The van der Waals surface area contributed by atoms with Gasteiger partial charge in [0.15, 0.2) is 0 Å². The zero-order valence-corrected chi connectivity index (χ0v) is 15.1. The van der Waals surface area contributed by atoms with Gasteiger partial charge in [-0.25, -0.2) is 5.48 Å². The molecule has 0 saturated heterocycles. The molecular weight excluding hydrogens is 342 g/mol. The van der Waals surface area contributed by atoms with Crippen molar-refractivity contribution in [3.8, 4) is 0 Å². The van der Waals surface area contributed by atoms with Crippen molar-refractivity contribution in [2.75, 3.05) is 0 Å². The van der Waals surface area contributed by atoms with Crippen LogP contribution in [0.15, 0.2) is 60.8 Å². The minimum absolute atomic E-state index is 0.138. The van der Waals surface area contributed by atoms with Gasteiger partial charge in [0.1, 0.15) is 0 Å². The standard InChI is InChI=1S/C21H21N3O3/c1-13(2)19(14-7-9-15(10-8-14)20(25)24-27)23-21(26)17-11-12-22-18-6-4-3-5-16(17)18/h3-13,19,27H,1-2H3,(H,23,26)(H,24,25). The van der Waals surface area contributed by atoms with Crippen molar-refractivity contribution in [2.24, 2.45) is 5.92 Å². The first-order valence-corrected chi connectivity index (χ1v) is 8.70. The molecule has 138 valence electrons. The van der Waals surface area contributed by atoms with Crippen LogP contribution in [-0.4, -0.2) is 22.0 Å². The number of pyridine rings is 1. The van der Waals surface area contributed by atoms with E-state index in [1.165, 1.54) is 0 Å². The first kappa shape index (κ1) is 18.5. The van der Waals surface area contributed by atoms with Crippen LogP contribution in [0.25, 0.3) is 10.9 Å². The van der Waals surface area contributed by atoms with E-state index in [0.717, 1.165) is 16.5 Å². The molecule has 1 heterocycles. The van der Waals surface area contributed by atoms with E-state index in [2.05, 4.69) is 10.3 Å². The molecule has 2 aromatic carbocycles. The van der Waals surface area contributed by atoms with Crippen molar-refractivity contribution in [1.29, 1.82) is 0 Å². The molecule has 0 aliphatic rings. The molecule has 0 aliphatic carbocycles. The van der Waals surface area contributed by atoms with Crippen LogP contribution in [0.2, 0.25) is 0 Å². The number of nitrogens with one attached hydrogen (secondary N) is 2. The van der Waals surface area contributed by atoms with Crippen molar-refractivity contribution in [2.45, 2.75) is 19.9 Å². The summed E-state index contributed by atoms with van der Waals surface area (Å²) in [5.74, 6) is -0.612. The number of benzene rings is 2. The predicted octanol–water partition coefficient (Wildman–Crippen LogP) is 3.48. The summed E-state index contributed by atoms with van der Waals surface area (Å²) in [6.45, 7) is 4.04. The molecule has 1 atom stereocenters. The summed E-state index contributed by atoms with van der Waals surface area (Å²) in [5.41, 5.74) is 4.17. The lowest BCUT2D eigenvalue weighted by molar-refractivity contribution is 0.0706. The lowest BCUT2D eigenvalue weighted by atomic mass is 9.94. The Balaban J connectivity index is 1.88. The lowest BCUT2D eigenvalue weighted by Crippen LogP contribution is -2.32. The minimum atomic E-state index is -0.574. The van der Waals surface area contributed by atoms with Gasteiger partial charge in [-0.1, -0.05) is 44.2 Å². The molecule has 0 bridgehead atoms. The third-order valence-corrected chi connectivity index (χ3v) is 4.48. The number of hydrogen-bond donors (Lipinski definition) is 3. The summed E-state index contributed by atoms with van der Waals surface area (Å²) in [5, 5.41) is 12.6. The van der Waals surface area contributed by atoms with Crippen molar-refractivity contribution < 1.29 is 14.8 Å². The molecule has 0 spiro atoms. The second kappa shape index (κ2) is 7.97. The van der Waals surface area contributed by atoms with E-state index < -0.39 is 5.91 Å². The molecule has 6 nitrogen and oxygen atoms in total. The molecule has 3 aromatic rings. The van der Waals surface area contributed by atoms with Crippen molar-refractivity contribution in [3.05, 3.63) is 77.5 Å². The Bertz CT molecular complexity index is 963. The summed E-state index contributed by atoms with van der Waals surface area (Å²) in [7, 11) is 0. The Morgan fingerprint density at radius 3 is 2.33 bits per heavy atom. The van der Waals surface area contributed by atoms with Gasteiger partial charge >= 0.3 is 0 Å². The molecule has 0 radical (unpaired) electrons. The summed E-state index contributed by atoms with van der Waals surface area (Å²) < 4.78 is 0. The third kappa shape index (κ3) is 3.96. The number of nitrogens with zero attached hydrogens (tertiary/aromatic N) is 1.